The molecule has 3 rings (SSSR count). The molecule has 96 valence electrons. The normalized spacial score (nSPS) is 21.5. The SMILES string of the molecule is C[C@H]1CNCCN1Cc1cc(=O)n2ccsc2n1. The summed E-state index contributed by atoms with van der Waals surface area (Å²) in [5.41, 5.74) is 0.884. The van der Waals surface area contributed by atoms with Crippen LogP contribution in [0.5, 0.6) is 0 Å². The molecule has 1 aliphatic rings. The van der Waals surface area contributed by atoms with Gasteiger partial charge >= 0.3 is 0 Å². The topological polar surface area (TPSA) is 49.6 Å². The van der Waals surface area contributed by atoms with E-state index in [9.17, 15) is 4.79 Å². The van der Waals surface area contributed by atoms with Gasteiger partial charge in [-0.15, -0.1) is 11.3 Å². The van der Waals surface area contributed by atoms with E-state index in [0.29, 0.717) is 6.04 Å². The summed E-state index contributed by atoms with van der Waals surface area (Å²) < 4.78 is 1.59. The summed E-state index contributed by atoms with van der Waals surface area (Å²) in [6, 6.07) is 2.14. The minimum atomic E-state index is 0.0130. The second kappa shape index (κ2) is 4.79. The third-order valence-corrected chi connectivity index (χ3v) is 4.12. The Morgan fingerprint density at radius 3 is 3.33 bits per heavy atom. The second-order valence-electron chi connectivity index (χ2n) is 4.66. The van der Waals surface area contributed by atoms with Crippen molar-refractivity contribution in [2.75, 3.05) is 19.6 Å². The molecule has 1 atom stereocenters. The Bertz CT molecular complexity index is 605. The summed E-state index contributed by atoms with van der Waals surface area (Å²) >= 11 is 1.50. The van der Waals surface area contributed by atoms with Gasteiger partial charge in [0.1, 0.15) is 0 Å². The van der Waals surface area contributed by atoms with Crippen LogP contribution in [0.3, 0.4) is 0 Å². The molecule has 0 amide bonds. The first-order valence-electron chi connectivity index (χ1n) is 6.14. The zero-order valence-electron chi connectivity index (χ0n) is 10.3. The third kappa shape index (κ3) is 2.19. The van der Waals surface area contributed by atoms with E-state index >= 15 is 0 Å². The van der Waals surface area contributed by atoms with Crippen molar-refractivity contribution >= 4 is 16.3 Å². The lowest BCUT2D eigenvalue weighted by Crippen LogP contribution is -2.49. The molecule has 18 heavy (non-hydrogen) atoms. The van der Waals surface area contributed by atoms with Crippen molar-refractivity contribution in [3.05, 3.63) is 33.7 Å². The number of aromatic nitrogens is 2. The Hall–Kier alpha value is -1.24. The summed E-state index contributed by atoms with van der Waals surface area (Å²) in [5, 5.41) is 5.25. The fraction of sp³-hybridized carbons (Fsp3) is 0.500. The highest BCUT2D eigenvalue weighted by molar-refractivity contribution is 7.15. The molecule has 0 aliphatic carbocycles. The molecule has 1 fully saturated rings. The molecule has 2 aromatic rings. The number of hydrogen-bond acceptors (Lipinski definition) is 5. The van der Waals surface area contributed by atoms with E-state index in [-0.39, 0.29) is 5.56 Å². The van der Waals surface area contributed by atoms with Crippen LogP contribution in [0.2, 0.25) is 0 Å². The smallest absolute Gasteiger partial charge is 0.258 e. The monoisotopic (exact) mass is 264 g/mol. The van der Waals surface area contributed by atoms with E-state index in [2.05, 4.69) is 22.1 Å². The summed E-state index contributed by atoms with van der Waals surface area (Å²) in [6.45, 7) is 5.96. The molecule has 2 aromatic heterocycles. The molecule has 0 aromatic carbocycles. The number of fused-ring (bicyclic) bond motifs is 1. The van der Waals surface area contributed by atoms with Gasteiger partial charge < -0.3 is 5.32 Å². The summed E-state index contributed by atoms with van der Waals surface area (Å²) in [7, 11) is 0. The van der Waals surface area contributed by atoms with Crippen LogP contribution in [-0.2, 0) is 6.54 Å². The molecule has 1 saturated heterocycles. The van der Waals surface area contributed by atoms with Crippen LogP contribution in [0.25, 0.3) is 4.96 Å². The molecule has 0 bridgehead atoms. The average molecular weight is 264 g/mol. The van der Waals surface area contributed by atoms with Crippen molar-refractivity contribution in [2.45, 2.75) is 19.5 Å². The molecule has 0 radical (unpaired) electrons. The quantitative estimate of drug-likeness (QED) is 0.860. The molecule has 1 aliphatic heterocycles. The van der Waals surface area contributed by atoms with Gasteiger partial charge in [0.2, 0.25) is 0 Å². The van der Waals surface area contributed by atoms with Crippen molar-refractivity contribution in [2.24, 2.45) is 0 Å². The number of nitrogens with zero attached hydrogens (tertiary/aromatic N) is 3. The van der Waals surface area contributed by atoms with Gasteiger partial charge in [-0.05, 0) is 6.92 Å². The van der Waals surface area contributed by atoms with Crippen LogP contribution in [0, 0.1) is 0 Å². The van der Waals surface area contributed by atoms with Gasteiger partial charge in [-0.25, -0.2) is 4.98 Å². The first-order valence-corrected chi connectivity index (χ1v) is 7.02. The molecule has 1 N–H and O–H groups in total. The standard InChI is InChI=1S/C12H16N4OS/c1-9-7-13-2-3-15(9)8-10-6-11(17)16-4-5-18-12(16)14-10/h4-6,9,13H,2-3,7-8H2,1H3/t9-/m0/s1. The Balaban J connectivity index is 1.87. The minimum absolute atomic E-state index is 0.0130. The molecular weight excluding hydrogens is 248 g/mol. The predicted octanol–water partition coefficient (Wildman–Crippen LogP) is 0.550. The predicted molar refractivity (Wildman–Crippen MR) is 72.1 cm³/mol. The molecule has 0 saturated carbocycles. The Morgan fingerprint density at radius 2 is 2.50 bits per heavy atom. The first-order chi connectivity index (χ1) is 8.74. The highest BCUT2D eigenvalue weighted by Crippen LogP contribution is 2.10. The highest BCUT2D eigenvalue weighted by atomic mass is 32.1. The van der Waals surface area contributed by atoms with Crippen LogP contribution in [0.1, 0.15) is 12.6 Å². The second-order valence-corrected chi connectivity index (χ2v) is 5.54. The summed E-state index contributed by atoms with van der Waals surface area (Å²) in [4.78, 5) is 19.6. The van der Waals surface area contributed by atoms with Crippen molar-refractivity contribution in [1.82, 2.24) is 19.6 Å². The number of thiazole rings is 1. The number of rotatable bonds is 2. The van der Waals surface area contributed by atoms with Crippen molar-refractivity contribution in [3.8, 4) is 0 Å². The Labute approximate surface area is 109 Å². The largest absolute Gasteiger partial charge is 0.314 e. The molecular formula is C12H16N4OS. The first kappa shape index (κ1) is 11.8. The lowest BCUT2D eigenvalue weighted by atomic mass is 10.2. The van der Waals surface area contributed by atoms with Crippen LogP contribution in [-0.4, -0.2) is 40.0 Å². The molecule has 6 heteroatoms. The summed E-state index contributed by atoms with van der Waals surface area (Å²) in [6.07, 6.45) is 1.77. The van der Waals surface area contributed by atoms with E-state index in [1.807, 2.05) is 5.38 Å². The molecule has 0 unspecified atom stereocenters. The fourth-order valence-electron chi connectivity index (χ4n) is 2.29. The van der Waals surface area contributed by atoms with Crippen LogP contribution < -0.4 is 10.9 Å². The van der Waals surface area contributed by atoms with E-state index < -0.39 is 0 Å². The van der Waals surface area contributed by atoms with Crippen molar-refractivity contribution < 1.29 is 0 Å². The van der Waals surface area contributed by atoms with Crippen molar-refractivity contribution in [3.63, 3.8) is 0 Å². The Morgan fingerprint density at radius 1 is 1.61 bits per heavy atom. The maximum absolute atomic E-state index is 11.9. The lowest BCUT2D eigenvalue weighted by molar-refractivity contribution is 0.164. The van der Waals surface area contributed by atoms with Gasteiger partial charge in [0.05, 0.1) is 5.69 Å². The number of hydrogen-bond donors (Lipinski definition) is 1. The third-order valence-electron chi connectivity index (χ3n) is 3.36. The average Bonchev–Trinajstić information content (AvgIpc) is 2.81. The van der Waals surface area contributed by atoms with Gasteiger partial charge in [-0.3, -0.25) is 14.1 Å². The Kier molecular flexibility index (Phi) is 3.15. The van der Waals surface area contributed by atoms with Gasteiger partial charge in [0.15, 0.2) is 4.96 Å². The zero-order chi connectivity index (χ0) is 12.5. The van der Waals surface area contributed by atoms with E-state index in [1.54, 1.807) is 16.7 Å². The van der Waals surface area contributed by atoms with Crippen LogP contribution >= 0.6 is 11.3 Å². The molecule has 5 nitrogen and oxygen atoms in total. The maximum Gasteiger partial charge on any atom is 0.258 e. The van der Waals surface area contributed by atoms with Crippen LogP contribution in [0.15, 0.2) is 22.4 Å². The summed E-state index contributed by atoms with van der Waals surface area (Å²) in [5.74, 6) is 0. The maximum atomic E-state index is 11.9. The van der Waals surface area contributed by atoms with E-state index in [1.165, 1.54) is 11.3 Å². The minimum Gasteiger partial charge on any atom is -0.314 e. The fourth-order valence-corrected chi connectivity index (χ4v) is 3.03. The molecule has 3 heterocycles. The van der Waals surface area contributed by atoms with Gasteiger partial charge in [0.25, 0.3) is 5.56 Å². The van der Waals surface area contributed by atoms with E-state index in [4.69, 9.17) is 0 Å². The van der Waals surface area contributed by atoms with Crippen molar-refractivity contribution in [1.29, 1.82) is 0 Å². The van der Waals surface area contributed by atoms with Gasteiger partial charge in [-0.1, -0.05) is 0 Å². The van der Waals surface area contributed by atoms with Gasteiger partial charge in [-0.2, -0.15) is 0 Å². The highest BCUT2D eigenvalue weighted by Gasteiger charge is 2.18. The van der Waals surface area contributed by atoms with Crippen LogP contribution in [0.4, 0.5) is 0 Å². The number of nitrogens with one attached hydrogen (secondary N) is 1. The zero-order valence-corrected chi connectivity index (χ0v) is 11.1. The van der Waals surface area contributed by atoms with E-state index in [0.717, 1.165) is 36.8 Å². The van der Waals surface area contributed by atoms with Gasteiger partial charge in [0, 0.05) is 49.9 Å². The number of piperazine rings is 1. The molecule has 0 spiro atoms. The lowest BCUT2D eigenvalue weighted by Gasteiger charge is -2.33.